The monoisotopic (exact) mass is 509 g/mol. The molecule has 0 radical (unpaired) electrons. The maximum atomic E-state index is 12.0. The van der Waals surface area contributed by atoms with E-state index in [1.165, 1.54) is 154 Å². The van der Waals surface area contributed by atoms with Crippen molar-refractivity contribution in [1.29, 1.82) is 0 Å². The first-order valence-corrected chi connectivity index (χ1v) is 16.6. The summed E-state index contributed by atoms with van der Waals surface area (Å²) in [7, 11) is 1.74. The van der Waals surface area contributed by atoms with Gasteiger partial charge in [-0.1, -0.05) is 168 Å². The molecule has 0 fully saturated rings. The summed E-state index contributed by atoms with van der Waals surface area (Å²) in [4.78, 5) is 12.0. The van der Waals surface area contributed by atoms with Crippen LogP contribution in [0.3, 0.4) is 0 Å². The summed E-state index contributed by atoms with van der Waals surface area (Å²) in [6.07, 6.45) is 35.2. The first-order chi connectivity index (χ1) is 17.5. The van der Waals surface area contributed by atoms with Crippen LogP contribution in [0.2, 0.25) is 0 Å². The zero-order chi connectivity index (χ0) is 26.7. The summed E-state index contributed by atoms with van der Waals surface area (Å²) in [5.74, 6) is 0.982. The lowest BCUT2D eigenvalue weighted by Crippen LogP contribution is -2.24. The number of methoxy groups -OCH3 is 1. The Hall–Kier alpha value is -0.370. The number of hydrogen-bond acceptors (Lipinski definition) is 2. The van der Waals surface area contributed by atoms with Crippen LogP contribution in [0.1, 0.15) is 188 Å². The van der Waals surface area contributed by atoms with Crippen molar-refractivity contribution in [2.45, 2.75) is 194 Å². The lowest BCUT2D eigenvalue weighted by Gasteiger charge is -2.24. The van der Waals surface area contributed by atoms with Gasteiger partial charge in [0, 0.05) is 13.0 Å². The summed E-state index contributed by atoms with van der Waals surface area (Å²) < 4.78 is 5.38. The van der Waals surface area contributed by atoms with Gasteiger partial charge >= 0.3 is 0 Å². The van der Waals surface area contributed by atoms with Crippen LogP contribution in [-0.2, 0) is 9.53 Å². The van der Waals surface area contributed by atoms with E-state index in [1.807, 2.05) is 0 Å². The maximum Gasteiger partial charge on any atom is 0.133 e. The number of hydrogen-bond donors (Lipinski definition) is 0. The van der Waals surface area contributed by atoms with E-state index in [9.17, 15) is 4.79 Å². The van der Waals surface area contributed by atoms with Crippen LogP contribution >= 0.6 is 0 Å². The number of ether oxygens (including phenoxy) is 1. The van der Waals surface area contributed by atoms with E-state index in [2.05, 4.69) is 20.8 Å². The molecule has 0 rings (SSSR count). The van der Waals surface area contributed by atoms with Crippen LogP contribution in [0, 0.1) is 11.8 Å². The van der Waals surface area contributed by atoms with E-state index in [4.69, 9.17) is 4.74 Å². The van der Waals surface area contributed by atoms with Crippen LogP contribution in [0.25, 0.3) is 0 Å². The standard InChI is InChI=1S/C34H68O2/c1-6-7-8-9-10-11-12-13-14-15-16-17-18-19-20-21-22-23-24-25-26-27-28-29-31(2)34(33(4)35)30-32(3)36-5/h31-32,34H,6-30H2,1-5H3. The van der Waals surface area contributed by atoms with Crippen molar-refractivity contribution in [3.8, 4) is 0 Å². The van der Waals surface area contributed by atoms with Crippen LogP contribution in [-0.4, -0.2) is 19.0 Å². The van der Waals surface area contributed by atoms with Crippen molar-refractivity contribution in [2.24, 2.45) is 11.8 Å². The molecule has 0 saturated carbocycles. The maximum absolute atomic E-state index is 12.0. The number of rotatable bonds is 29. The average molecular weight is 509 g/mol. The molecule has 2 nitrogen and oxygen atoms in total. The molecule has 0 amide bonds. The van der Waals surface area contributed by atoms with Gasteiger partial charge in [-0.25, -0.2) is 0 Å². The summed E-state index contributed by atoms with van der Waals surface area (Å²) in [5, 5.41) is 0. The zero-order valence-corrected chi connectivity index (χ0v) is 25.7. The molecule has 2 heteroatoms. The Morgan fingerprint density at radius 3 is 1.14 bits per heavy atom. The van der Waals surface area contributed by atoms with Gasteiger partial charge in [0.2, 0.25) is 0 Å². The minimum atomic E-state index is 0.166. The molecule has 0 aliphatic rings. The fourth-order valence-electron chi connectivity index (χ4n) is 5.71. The quantitative estimate of drug-likeness (QED) is 0.0939. The molecule has 0 N–H and O–H groups in total. The highest BCUT2D eigenvalue weighted by molar-refractivity contribution is 5.78. The number of carbonyl (C=O) groups excluding carboxylic acids is 1. The molecular weight excluding hydrogens is 440 g/mol. The Bertz CT molecular complexity index is 446. The third-order valence-corrected chi connectivity index (χ3v) is 8.46. The van der Waals surface area contributed by atoms with Crippen molar-refractivity contribution in [1.82, 2.24) is 0 Å². The second-order valence-electron chi connectivity index (χ2n) is 12.0. The van der Waals surface area contributed by atoms with Crippen molar-refractivity contribution >= 4 is 5.78 Å². The normalized spacial score (nSPS) is 14.1. The molecule has 0 saturated heterocycles. The third kappa shape index (κ3) is 24.0. The Labute approximate surface area is 228 Å². The molecule has 3 atom stereocenters. The summed E-state index contributed by atoms with van der Waals surface area (Å²) >= 11 is 0. The van der Waals surface area contributed by atoms with Crippen LogP contribution in [0.15, 0.2) is 0 Å². The number of carbonyl (C=O) groups is 1. The first-order valence-electron chi connectivity index (χ1n) is 16.6. The molecule has 0 spiro atoms. The van der Waals surface area contributed by atoms with Gasteiger partial charge < -0.3 is 4.74 Å². The molecule has 0 heterocycles. The fourth-order valence-corrected chi connectivity index (χ4v) is 5.71. The van der Waals surface area contributed by atoms with E-state index in [1.54, 1.807) is 14.0 Å². The second-order valence-corrected chi connectivity index (χ2v) is 12.0. The molecule has 0 aromatic carbocycles. The minimum absolute atomic E-state index is 0.166. The SMILES string of the molecule is CCCCCCCCCCCCCCCCCCCCCCCCCC(C)C(CC(C)OC)C(C)=O. The molecule has 0 aliphatic carbocycles. The van der Waals surface area contributed by atoms with Crippen LogP contribution in [0.4, 0.5) is 0 Å². The summed E-state index contributed by atoms with van der Waals surface area (Å²) in [5.41, 5.74) is 0. The topological polar surface area (TPSA) is 26.3 Å². The molecule has 0 aromatic heterocycles. The van der Waals surface area contributed by atoms with E-state index < -0.39 is 0 Å². The summed E-state index contributed by atoms with van der Waals surface area (Å²) in [6, 6.07) is 0. The van der Waals surface area contributed by atoms with Gasteiger partial charge in [-0.2, -0.15) is 0 Å². The first kappa shape index (κ1) is 35.6. The van der Waals surface area contributed by atoms with Gasteiger partial charge in [0.25, 0.3) is 0 Å². The Balaban J connectivity index is 3.31. The molecule has 36 heavy (non-hydrogen) atoms. The third-order valence-electron chi connectivity index (χ3n) is 8.46. The Kier molecular flexibility index (Phi) is 27.4. The lowest BCUT2D eigenvalue weighted by atomic mass is 9.83. The zero-order valence-electron chi connectivity index (χ0n) is 25.7. The average Bonchev–Trinajstić information content (AvgIpc) is 2.87. The lowest BCUT2D eigenvalue weighted by molar-refractivity contribution is -0.123. The van der Waals surface area contributed by atoms with E-state index in [0.29, 0.717) is 11.7 Å². The molecule has 216 valence electrons. The fraction of sp³-hybridized carbons (Fsp3) is 0.971. The predicted molar refractivity (Wildman–Crippen MR) is 161 cm³/mol. The van der Waals surface area contributed by atoms with Crippen molar-refractivity contribution < 1.29 is 9.53 Å². The highest BCUT2D eigenvalue weighted by Gasteiger charge is 2.23. The van der Waals surface area contributed by atoms with Crippen molar-refractivity contribution in [2.75, 3.05) is 7.11 Å². The van der Waals surface area contributed by atoms with Gasteiger partial charge in [0.15, 0.2) is 0 Å². The van der Waals surface area contributed by atoms with Gasteiger partial charge in [0.05, 0.1) is 6.10 Å². The largest absolute Gasteiger partial charge is 0.382 e. The molecule has 0 bridgehead atoms. The minimum Gasteiger partial charge on any atom is -0.382 e. The van der Waals surface area contributed by atoms with Crippen LogP contribution in [0.5, 0.6) is 0 Å². The highest BCUT2D eigenvalue weighted by atomic mass is 16.5. The van der Waals surface area contributed by atoms with Gasteiger partial charge in [-0.15, -0.1) is 0 Å². The number of unbranched alkanes of at least 4 members (excludes halogenated alkanes) is 22. The van der Waals surface area contributed by atoms with Crippen molar-refractivity contribution in [3.05, 3.63) is 0 Å². The molecule has 3 unspecified atom stereocenters. The van der Waals surface area contributed by atoms with Crippen molar-refractivity contribution in [3.63, 3.8) is 0 Å². The molecule has 0 aliphatic heterocycles. The highest BCUT2D eigenvalue weighted by Crippen LogP contribution is 2.25. The molecule has 0 aromatic rings. The Morgan fingerprint density at radius 1 is 0.556 bits per heavy atom. The predicted octanol–water partition coefficient (Wildman–Crippen LogP) is 11.6. The smallest absolute Gasteiger partial charge is 0.133 e. The van der Waals surface area contributed by atoms with Gasteiger partial charge in [-0.05, 0) is 26.2 Å². The van der Waals surface area contributed by atoms with E-state index in [-0.39, 0.29) is 12.0 Å². The second kappa shape index (κ2) is 27.7. The van der Waals surface area contributed by atoms with Gasteiger partial charge in [-0.3, -0.25) is 4.79 Å². The molecular formula is C34H68O2. The van der Waals surface area contributed by atoms with Gasteiger partial charge in [0.1, 0.15) is 5.78 Å². The van der Waals surface area contributed by atoms with E-state index in [0.717, 1.165) is 6.42 Å². The van der Waals surface area contributed by atoms with E-state index >= 15 is 0 Å². The summed E-state index contributed by atoms with van der Waals surface area (Å²) in [6.45, 7) is 8.38. The Morgan fingerprint density at radius 2 is 0.861 bits per heavy atom. The van der Waals surface area contributed by atoms with Crippen LogP contribution < -0.4 is 0 Å². The number of Topliss-reactive ketones (excluding diaryl/α,β-unsaturated/α-hetero) is 1. The number of ketones is 1.